The molecule has 0 spiro atoms. The maximum absolute atomic E-state index is 6.06. The van der Waals surface area contributed by atoms with E-state index >= 15 is 0 Å². The Hall–Kier alpha value is 0.110. The zero-order valence-electron chi connectivity index (χ0n) is 11.2. The van der Waals surface area contributed by atoms with Gasteiger partial charge < -0.3 is 5.32 Å². The van der Waals surface area contributed by atoms with Crippen LogP contribution in [0.25, 0.3) is 0 Å². The fraction of sp³-hybridized carbons (Fsp3) is 0.571. The Morgan fingerprint density at radius 3 is 2.56 bits per heavy atom. The molecular weight excluding hydrogens is 285 g/mol. The van der Waals surface area contributed by atoms with Gasteiger partial charge >= 0.3 is 0 Å². The molecule has 1 N–H and O–H groups in total. The zero-order chi connectivity index (χ0) is 13.5. The summed E-state index contributed by atoms with van der Waals surface area (Å²) in [5, 5.41) is 4.85. The molecule has 4 heteroatoms. The highest BCUT2D eigenvalue weighted by atomic mass is 35.5. The van der Waals surface area contributed by atoms with Crippen LogP contribution in [0.5, 0.6) is 0 Å². The predicted molar refractivity (Wildman–Crippen MR) is 85.0 cm³/mol. The van der Waals surface area contributed by atoms with Crippen molar-refractivity contribution in [1.29, 1.82) is 0 Å². The van der Waals surface area contributed by atoms with Crippen molar-refractivity contribution in [3.8, 4) is 0 Å². The first kappa shape index (κ1) is 16.2. The summed E-state index contributed by atoms with van der Waals surface area (Å²) in [6.07, 6.45) is 3.19. The van der Waals surface area contributed by atoms with Gasteiger partial charge in [0.1, 0.15) is 0 Å². The van der Waals surface area contributed by atoms with Crippen LogP contribution in [0, 0.1) is 5.92 Å². The van der Waals surface area contributed by atoms with Crippen molar-refractivity contribution in [3.63, 3.8) is 0 Å². The molecule has 1 aromatic carbocycles. The van der Waals surface area contributed by atoms with Crippen molar-refractivity contribution < 1.29 is 0 Å². The van der Waals surface area contributed by atoms with Gasteiger partial charge in [-0.2, -0.15) is 11.8 Å². The Bertz CT molecular complexity index is 371. The van der Waals surface area contributed by atoms with Crippen LogP contribution in [0.1, 0.15) is 31.9 Å². The zero-order valence-corrected chi connectivity index (χ0v) is 13.5. The van der Waals surface area contributed by atoms with Gasteiger partial charge in [-0.1, -0.05) is 43.1 Å². The number of hydrogen-bond donors (Lipinski definition) is 1. The molecule has 1 aromatic rings. The summed E-state index contributed by atoms with van der Waals surface area (Å²) in [5.74, 6) is 1.86. The Labute approximate surface area is 125 Å². The molecule has 2 unspecified atom stereocenters. The van der Waals surface area contributed by atoms with Crippen molar-refractivity contribution >= 4 is 35.0 Å². The fourth-order valence-corrected chi connectivity index (χ4v) is 2.91. The molecule has 0 aliphatic rings. The number of halogens is 2. The van der Waals surface area contributed by atoms with Crippen molar-refractivity contribution in [2.45, 2.75) is 26.3 Å². The molecule has 18 heavy (non-hydrogen) atoms. The van der Waals surface area contributed by atoms with E-state index in [0.717, 1.165) is 13.0 Å². The number of hydrogen-bond acceptors (Lipinski definition) is 2. The Kier molecular flexibility index (Phi) is 7.47. The van der Waals surface area contributed by atoms with Gasteiger partial charge in [-0.25, -0.2) is 0 Å². The summed E-state index contributed by atoms with van der Waals surface area (Å²) in [6.45, 7) is 5.48. The van der Waals surface area contributed by atoms with Gasteiger partial charge in [0.25, 0.3) is 0 Å². The second kappa shape index (κ2) is 8.31. The third-order valence-electron chi connectivity index (χ3n) is 2.92. The lowest BCUT2D eigenvalue weighted by atomic mass is 10.0. The molecule has 0 aliphatic carbocycles. The van der Waals surface area contributed by atoms with E-state index in [1.165, 1.54) is 11.3 Å². The lowest BCUT2D eigenvalue weighted by Gasteiger charge is -2.20. The number of thioether (sulfide) groups is 1. The Morgan fingerprint density at radius 2 is 2.00 bits per heavy atom. The molecule has 102 valence electrons. The largest absolute Gasteiger partial charge is 0.310 e. The second-order valence-electron chi connectivity index (χ2n) is 4.60. The molecule has 1 nitrogen and oxygen atoms in total. The number of rotatable bonds is 7. The van der Waals surface area contributed by atoms with Crippen LogP contribution in [0.3, 0.4) is 0 Å². The molecule has 0 fully saturated rings. The first-order valence-electron chi connectivity index (χ1n) is 6.25. The monoisotopic (exact) mass is 305 g/mol. The van der Waals surface area contributed by atoms with Crippen LogP contribution in [-0.2, 0) is 0 Å². The molecule has 0 amide bonds. The van der Waals surface area contributed by atoms with E-state index in [0.29, 0.717) is 22.0 Å². The van der Waals surface area contributed by atoms with E-state index in [1.807, 2.05) is 23.9 Å². The summed E-state index contributed by atoms with van der Waals surface area (Å²) < 4.78 is 0. The SMILES string of the molecule is CCC(NCC(C)CSC)c1ccc(Cl)c(Cl)c1. The second-order valence-corrected chi connectivity index (χ2v) is 6.33. The summed E-state index contributed by atoms with van der Waals surface area (Å²) >= 11 is 13.9. The van der Waals surface area contributed by atoms with E-state index in [9.17, 15) is 0 Å². The summed E-state index contributed by atoms with van der Waals surface area (Å²) in [4.78, 5) is 0. The van der Waals surface area contributed by atoms with Crippen molar-refractivity contribution in [2.75, 3.05) is 18.6 Å². The number of nitrogens with one attached hydrogen (secondary N) is 1. The van der Waals surface area contributed by atoms with Crippen LogP contribution in [-0.4, -0.2) is 18.6 Å². The van der Waals surface area contributed by atoms with Gasteiger partial charge in [0.2, 0.25) is 0 Å². The molecule has 0 aliphatic heterocycles. The average Bonchev–Trinajstić information content (AvgIpc) is 2.34. The Morgan fingerprint density at radius 1 is 1.28 bits per heavy atom. The van der Waals surface area contributed by atoms with Gasteiger partial charge in [-0.3, -0.25) is 0 Å². The lowest BCUT2D eigenvalue weighted by Crippen LogP contribution is -2.27. The van der Waals surface area contributed by atoms with Crippen molar-refractivity contribution in [1.82, 2.24) is 5.32 Å². The molecular formula is C14H21Cl2NS. The Balaban J connectivity index is 2.62. The predicted octanol–water partition coefficient (Wildman–Crippen LogP) is 5.03. The van der Waals surface area contributed by atoms with Gasteiger partial charge in [0.05, 0.1) is 10.0 Å². The van der Waals surface area contributed by atoms with E-state index in [2.05, 4.69) is 31.5 Å². The first-order valence-corrected chi connectivity index (χ1v) is 8.40. The van der Waals surface area contributed by atoms with E-state index < -0.39 is 0 Å². The third-order valence-corrected chi connectivity index (χ3v) is 4.56. The average molecular weight is 306 g/mol. The molecule has 0 heterocycles. The highest BCUT2D eigenvalue weighted by Gasteiger charge is 2.11. The van der Waals surface area contributed by atoms with Crippen LogP contribution in [0.4, 0.5) is 0 Å². The lowest BCUT2D eigenvalue weighted by molar-refractivity contribution is 0.468. The van der Waals surface area contributed by atoms with Gasteiger partial charge in [-0.15, -0.1) is 0 Å². The quantitative estimate of drug-likeness (QED) is 0.758. The van der Waals surface area contributed by atoms with Crippen LogP contribution in [0.15, 0.2) is 18.2 Å². The van der Waals surface area contributed by atoms with E-state index in [4.69, 9.17) is 23.2 Å². The molecule has 0 saturated carbocycles. The van der Waals surface area contributed by atoms with E-state index in [1.54, 1.807) is 0 Å². The molecule has 0 radical (unpaired) electrons. The minimum absolute atomic E-state index is 0.351. The molecule has 0 saturated heterocycles. The van der Waals surface area contributed by atoms with Gasteiger partial charge in [-0.05, 0) is 48.6 Å². The highest BCUT2D eigenvalue weighted by molar-refractivity contribution is 7.98. The van der Waals surface area contributed by atoms with Gasteiger partial charge in [0, 0.05) is 6.04 Å². The van der Waals surface area contributed by atoms with Crippen molar-refractivity contribution in [3.05, 3.63) is 33.8 Å². The van der Waals surface area contributed by atoms with Gasteiger partial charge in [0.15, 0.2) is 0 Å². The van der Waals surface area contributed by atoms with E-state index in [-0.39, 0.29) is 0 Å². The molecule has 2 atom stereocenters. The fourth-order valence-electron chi connectivity index (χ4n) is 1.91. The summed E-state index contributed by atoms with van der Waals surface area (Å²) in [6, 6.07) is 6.23. The smallest absolute Gasteiger partial charge is 0.0595 e. The van der Waals surface area contributed by atoms with Crippen molar-refractivity contribution in [2.24, 2.45) is 5.92 Å². The maximum Gasteiger partial charge on any atom is 0.0595 e. The highest BCUT2D eigenvalue weighted by Crippen LogP contribution is 2.27. The summed E-state index contributed by atoms with van der Waals surface area (Å²) in [5.41, 5.74) is 1.21. The topological polar surface area (TPSA) is 12.0 Å². The minimum Gasteiger partial charge on any atom is -0.310 e. The van der Waals surface area contributed by atoms with Crippen LogP contribution in [0.2, 0.25) is 10.0 Å². The maximum atomic E-state index is 6.06. The standard InChI is InChI=1S/C14H21Cl2NS/c1-4-14(17-8-10(2)9-18-3)11-5-6-12(15)13(16)7-11/h5-7,10,14,17H,4,8-9H2,1-3H3. The third kappa shape index (κ3) is 5.00. The summed E-state index contributed by atoms with van der Waals surface area (Å²) in [7, 11) is 0. The molecule has 0 bridgehead atoms. The van der Waals surface area contributed by atoms with Crippen LogP contribution < -0.4 is 5.32 Å². The number of benzene rings is 1. The molecule has 1 rings (SSSR count). The van der Waals surface area contributed by atoms with Crippen LogP contribution >= 0.6 is 35.0 Å². The first-order chi connectivity index (χ1) is 8.58. The minimum atomic E-state index is 0.351. The normalized spacial score (nSPS) is 14.5. The molecule has 0 aromatic heterocycles.